The normalized spacial score (nSPS) is 16.9. The number of aromatic nitrogens is 2. The Morgan fingerprint density at radius 2 is 1.90 bits per heavy atom. The highest BCUT2D eigenvalue weighted by Gasteiger charge is 2.17. The zero-order valence-electron chi connectivity index (χ0n) is 13.4. The SMILES string of the molecule is CCNc1cc(NCC(C)N2CCCC2)nc(COC)n1. The highest BCUT2D eigenvalue weighted by atomic mass is 16.5. The van der Waals surface area contributed by atoms with Crippen LogP contribution in [0.2, 0.25) is 0 Å². The predicted octanol–water partition coefficient (Wildman–Crippen LogP) is 1.95. The van der Waals surface area contributed by atoms with Crippen molar-refractivity contribution in [2.75, 3.05) is 43.9 Å². The molecule has 0 saturated carbocycles. The summed E-state index contributed by atoms with van der Waals surface area (Å²) in [5.41, 5.74) is 0. The van der Waals surface area contributed by atoms with Crippen LogP contribution in [0.1, 0.15) is 32.5 Å². The summed E-state index contributed by atoms with van der Waals surface area (Å²) in [6.45, 7) is 8.91. The average Bonchev–Trinajstić information content (AvgIpc) is 2.99. The van der Waals surface area contributed by atoms with Crippen molar-refractivity contribution in [1.82, 2.24) is 14.9 Å². The van der Waals surface area contributed by atoms with Crippen molar-refractivity contribution in [3.05, 3.63) is 11.9 Å². The van der Waals surface area contributed by atoms with E-state index in [9.17, 15) is 0 Å². The Labute approximate surface area is 127 Å². The molecule has 1 atom stereocenters. The van der Waals surface area contributed by atoms with Gasteiger partial charge >= 0.3 is 0 Å². The summed E-state index contributed by atoms with van der Waals surface area (Å²) < 4.78 is 5.13. The van der Waals surface area contributed by atoms with E-state index in [1.807, 2.05) is 6.07 Å². The molecule has 0 spiro atoms. The fraction of sp³-hybridized carbons (Fsp3) is 0.733. The highest BCUT2D eigenvalue weighted by molar-refractivity contribution is 5.47. The fourth-order valence-corrected chi connectivity index (χ4v) is 2.62. The van der Waals surface area contributed by atoms with Crippen LogP contribution in [0, 0.1) is 0 Å². The summed E-state index contributed by atoms with van der Waals surface area (Å²) in [4.78, 5) is 11.4. The standard InChI is InChI=1S/C15H27N5O/c1-4-16-13-9-14(19-15(18-13)11-21-3)17-10-12(2)20-7-5-6-8-20/h9,12H,4-8,10-11H2,1-3H3,(H2,16,17,18,19). The second-order valence-electron chi connectivity index (χ2n) is 5.49. The maximum Gasteiger partial charge on any atom is 0.158 e. The van der Waals surface area contributed by atoms with Gasteiger partial charge in [0.05, 0.1) is 0 Å². The van der Waals surface area contributed by atoms with Crippen LogP contribution in [0.4, 0.5) is 11.6 Å². The van der Waals surface area contributed by atoms with Gasteiger partial charge in [0.2, 0.25) is 0 Å². The maximum atomic E-state index is 5.13. The third kappa shape index (κ3) is 4.82. The molecule has 1 aromatic rings. The van der Waals surface area contributed by atoms with Crippen molar-refractivity contribution in [1.29, 1.82) is 0 Å². The molecule has 1 saturated heterocycles. The molecule has 1 aromatic heterocycles. The van der Waals surface area contributed by atoms with Crippen LogP contribution < -0.4 is 10.6 Å². The topological polar surface area (TPSA) is 62.3 Å². The molecule has 0 aromatic carbocycles. The van der Waals surface area contributed by atoms with E-state index in [0.29, 0.717) is 18.5 Å². The van der Waals surface area contributed by atoms with Gasteiger partial charge in [0.25, 0.3) is 0 Å². The van der Waals surface area contributed by atoms with Crippen molar-refractivity contribution < 1.29 is 4.74 Å². The minimum Gasteiger partial charge on any atom is -0.377 e. The number of nitrogens with zero attached hydrogens (tertiary/aromatic N) is 3. The molecule has 1 aliphatic rings. The Balaban J connectivity index is 1.96. The van der Waals surface area contributed by atoms with Crippen LogP contribution in [0.5, 0.6) is 0 Å². The largest absolute Gasteiger partial charge is 0.377 e. The number of likely N-dealkylation sites (tertiary alicyclic amines) is 1. The Bertz CT molecular complexity index is 410. The van der Waals surface area contributed by atoms with Crippen LogP contribution in [0.3, 0.4) is 0 Å². The summed E-state index contributed by atoms with van der Waals surface area (Å²) in [5, 5.41) is 6.66. The second-order valence-corrected chi connectivity index (χ2v) is 5.49. The fourth-order valence-electron chi connectivity index (χ4n) is 2.62. The number of ether oxygens (including phenoxy) is 1. The van der Waals surface area contributed by atoms with Crippen LogP contribution in [-0.2, 0) is 11.3 Å². The Morgan fingerprint density at radius 3 is 2.52 bits per heavy atom. The third-order valence-electron chi connectivity index (χ3n) is 3.75. The van der Waals surface area contributed by atoms with E-state index >= 15 is 0 Å². The number of rotatable bonds is 8. The van der Waals surface area contributed by atoms with Gasteiger partial charge in [-0.05, 0) is 39.8 Å². The monoisotopic (exact) mass is 293 g/mol. The van der Waals surface area contributed by atoms with Gasteiger partial charge in [-0.25, -0.2) is 9.97 Å². The molecular weight excluding hydrogens is 266 g/mol. The van der Waals surface area contributed by atoms with Crippen molar-refractivity contribution in [3.8, 4) is 0 Å². The van der Waals surface area contributed by atoms with Gasteiger partial charge in [-0.15, -0.1) is 0 Å². The van der Waals surface area contributed by atoms with E-state index < -0.39 is 0 Å². The quantitative estimate of drug-likeness (QED) is 0.764. The Kier molecular flexibility index (Phi) is 6.20. The lowest BCUT2D eigenvalue weighted by Gasteiger charge is -2.24. The summed E-state index contributed by atoms with van der Waals surface area (Å²) in [5.74, 6) is 2.40. The lowest BCUT2D eigenvalue weighted by molar-refractivity contribution is 0.178. The molecule has 1 unspecified atom stereocenters. The highest BCUT2D eigenvalue weighted by Crippen LogP contribution is 2.14. The first-order chi connectivity index (χ1) is 10.2. The summed E-state index contributed by atoms with van der Waals surface area (Å²) in [6, 6.07) is 2.48. The van der Waals surface area contributed by atoms with Crippen molar-refractivity contribution >= 4 is 11.6 Å². The van der Waals surface area contributed by atoms with E-state index in [1.54, 1.807) is 7.11 Å². The molecule has 0 aliphatic carbocycles. The minimum atomic E-state index is 0.426. The van der Waals surface area contributed by atoms with E-state index in [1.165, 1.54) is 25.9 Å². The summed E-state index contributed by atoms with van der Waals surface area (Å²) in [7, 11) is 1.66. The molecule has 0 amide bonds. The van der Waals surface area contributed by atoms with Gasteiger partial charge in [-0.2, -0.15) is 0 Å². The summed E-state index contributed by atoms with van der Waals surface area (Å²) in [6.07, 6.45) is 2.64. The van der Waals surface area contributed by atoms with Crippen LogP contribution in [-0.4, -0.2) is 54.2 Å². The molecule has 0 radical (unpaired) electrons. The zero-order valence-corrected chi connectivity index (χ0v) is 13.4. The van der Waals surface area contributed by atoms with Crippen molar-refractivity contribution in [2.45, 2.75) is 39.3 Å². The van der Waals surface area contributed by atoms with Crippen LogP contribution >= 0.6 is 0 Å². The van der Waals surface area contributed by atoms with Crippen LogP contribution in [0.25, 0.3) is 0 Å². The molecule has 6 heteroatoms. The number of hydrogen-bond donors (Lipinski definition) is 2. The number of hydrogen-bond acceptors (Lipinski definition) is 6. The molecule has 1 fully saturated rings. The van der Waals surface area contributed by atoms with Crippen molar-refractivity contribution in [3.63, 3.8) is 0 Å². The van der Waals surface area contributed by atoms with E-state index in [-0.39, 0.29) is 0 Å². The smallest absolute Gasteiger partial charge is 0.158 e. The first kappa shape index (κ1) is 16.0. The van der Waals surface area contributed by atoms with Gasteiger partial charge in [0, 0.05) is 32.3 Å². The molecule has 2 heterocycles. The van der Waals surface area contributed by atoms with Crippen LogP contribution in [0.15, 0.2) is 6.07 Å². The molecule has 0 bridgehead atoms. The van der Waals surface area contributed by atoms with E-state index in [2.05, 4.69) is 39.3 Å². The molecule has 2 rings (SSSR count). The third-order valence-corrected chi connectivity index (χ3v) is 3.75. The lowest BCUT2D eigenvalue weighted by atomic mass is 10.3. The van der Waals surface area contributed by atoms with Gasteiger partial charge in [-0.1, -0.05) is 0 Å². The predicted molar refractivity (Wildman–Crippen MR) is 85.7 cm³/mol. The molecule has 6 nitrogen and oxygen atoms in total. The molecule has 1 aliphatic heterocycles. The van der Waals surface area contributed by atoms with Crippen molar-refractivity contribution in [2.24, 2.45) is 0 Å². The van der Waals surface area contributed by atoms with Gasteiger partial charge in [0.1, 0.15) is 18.2 Å². The Morgan fingerprint density at radius 1 is 1.24 bits per heavy atom. The zero-order chi connectivity index (χ0) is 15.1. The molecular formula is C15H27N5O. The molecule has 21 heavy (non-hydrogen) atoms. The minimum absolute atomic E-state index is 0.426. The van der Waals surface area contributed by atoms with Gasteiger partial charge in [0.15, 0.2) is 5.82 Å². The number of nitrogens with one attached hydrogen (secondary N) is 2. The number of methoxy groups -OCH3 is 1. The van der Waals surface area contributed by atoms with Gasteiger partial charge in [-0.3, -0.25) is 4.90 Å². The molecule has 2 N–H and O–H groups in total. The number of anilines is 2. The summed E-state index contributed by atoms with van der Waals surface area (Å²) >= 11 is 0. The van der Waals surface area contributed by atoms with E-state index in [0.717, 1.165) is 24.7 Å². The molecule has 118 valence electrons. The average molecular weight is 293 g/mol. The Hall–Kier alpha value is -1.40. The first-order valence-corrected chi connectivity index (χ1v) is 7.81. The van der Waals surface area contributed by atoms with E-state index in [4.69, 9.17) is 4.74 Å². The first-order valence-electron chi connectivity index (χ1n) is 7.81. The second kappa shape index (κ2) is 8.14. The lowest BCUT2D eigenvalue weighted by Crippen LogP contribution is -2.35. The van der Waals surface area contributed by atoms with Gasteiger partial charge < -0.3 is 15.4 Å². The maximum absolute atomic E-state index is 5.13.